The first-order valence-electron chi connectivity index (χ1n) is 7.94. The summed E-state index contributed by atoms with van der Waals surface area (Å²) in [6.07, 6.45) is 3.13. The zero-order chi connectivity index (χ0) is 19.4. The smallest absolute Gasteiger partial charge is 0.264 e. The third kappa shape index (κ3) is 4.27. The van der Waals surface area contributed by atoms with Gasteiger partial charge in [0, 0.05) is 23.8 Å². The summed E-state index contributed by atoms with van der Waals surface area (Å²) in [4.78, 5) is 16.5. The van der Waals surface area contributed by atoms with E-state index in [4.69, 9.17) is 11.6 Å². The molecule has 138 valence electrons. The van der Waals surface area contributed by atoms with Gasteiger partial charge in [0.1, 0.15) is 0 Å². The monoisotopic (exact) mass is 401 g/mol. The second-order valence-corrected chi connectivity index (χ2v) is 8.08. The highest BCUT2D eigenvalue weighted by atomic mass is 35.5. The van der Waals surface area contributed by atoms with E-state index in [1.165, 1.54) is 43.6 Å². The van der Waals surface area contributed by atoms with Gasteiger partial charge < -0.3 is 5.32 Å². The molecule has 8 heteroatoms. The number of nitrogens with zero attached hydrogens (tertiary/aromatic N) is 2. The Morgan fingerprint density at radius 2 is 1.81 bits per heavy atom. The lowest BCUT2D eigenvalue weighted by Gasteiger charge is -2.20. The molecular formula is C19H16ClN3O3S. The first-order chi connectivity index (χ1) is 12.9. The molecule has 0 atom stereocenters. The number of anilines is 2. The second kappa shape index (κ2) is 7.77. The molecule has 0 aliphatic rings. The van der Waals surface area contributed by atoms with E-state index in [-0.39, 0.29) is 10.8 Å². The minimum absolute atomic E-state index is 0.111. The van der Waals surface area contributed by atoms with Crippen LogP contribution in [0.25, 0.3) is 0 Å². The molecule has 0 aliphatic carbocycles. The van der Waals surface area contributed by atoms with Crippen molar-refractivity contribution in [1.82, 2.24) is 4.98 Å². The number of hydrogen-bond donors (Lipinski definition) is 1. The average molecular weight is 402 g/mol. The molecule has 3 aromatic rings. The maximum atomic E-state index is 12.8. The predicted octanol–water partition coefficient (Wildman–Crippen LogP) is 3.81. The molecule has 0 bridgehead atoms. The molecule has 1 amide bonds. The van der Waals surface area contributed by atoms with Crippen molar-refractivity contribution in [3.8, 4) is 0 Å². The largest absolute Gasteiger partial charge is 0.321 e. The Labute approximate surface area is 162 Å². The Kier molecular flexibility index (Phi) is 5.43. The molecule has 3 rings (SSSR count). The topological polar surface area (TPSA) is 79.4 Å². The van der Waals surface area contributed by atoms with E-state index in [9.17, 15) is 13.2 Å². The minimum Gasteiger partial charge on any atom is -0.321 e. The number of carbonyl (C=O) groups is 1. The van der Waals surface area contributed by atoms with Crippen molar-refractivity contribution in [2.45, 2.75) is 4.90 Å². The van der Waals surface area contributed by atoms with E-state index < -0.39 is 10.0 Å². The van der Waals surface area contributed by atoms with Gasteiger partial charge in [-0.05, 0) is 54.6 Å². The van der Waals surface area contributed by atoms with E-state index in [0.717, 1.165) is 4.31 Å². The molecular weight excluding hydrogens is 386 g/mol. The molecule has 0 unspecified atom stereocenters. The summed E-state index contributed by atoms with van der Waals surface area (Å²) in [5.74, 6) is -0.359. The maximum Gasteiger partial charge on any atom is 0.264 e. The number of aromatic nitrogens is 1. The van der Waals surface area contributed by atoms with Gasteiger partial charge in [0.05, 0.1) is 22.5 Å². The van der Waals surface area contributed by atoms with Gasteiger partial charge in [-0.2, -0.15) is 0 Å². The molecule has 0 fully saturated rings. The number of pyridine rings is 1. The second-order valence-electron chi connectivity index (χ2n) is 5.67. The van der Waals surface area contributed by atoms with Crippen molar-refractivity contribution < 1.29 is 13.2 Å². The van der Waals surface area contributed by atoms with Crippen molar-refractivity contribution in [3.05, 3.63) is 83.6 Å². The van der Waals surface area contributed by atoms with Gasteiger partial charge in [-0.25, -0.2) is 8.42 Å². The first kappa shape index (κ1) is 18.9. The summed E-state index contributed by atoms with van der Waals surface area (Å²) in [7, 11) is -2.34. The van der Waals surface area contributed by atoms with E-state index >= 15 is 0 Å². The van der Waals surface area contributed by atoms with Crippen LogP contribution in [-0.2, 0) is 10.0 Å². The van der Waals surface area contributed by atoms with Crippen LogP contribution in [0, 0.1) is 0 Å². The molecule has 6 nitrogen and oxygen atoms in total. The minimum atomic E-state index is -3.78. The van der Waals surface area contributed by atoms with Crippen molar-refractivity contribution in [3.63, 3.8) is 0 Å². The van der Waals surface area contributed by atoms with Gasteiger partial charge in [-0.1, -0.05) is 17.7 Å². The zero-order valence-electron chi connectivity index (χ0n) is 14.3. The molecule has 0 spiro atoms. The lowest BCUT2D eigenvalue weighted by atomic mass is 10.2. The fourth-order valence-corrected chi connectivity index (χ4v) is 3.70. The fourth-order valence-electron chi connectivity index (χ4n) is 2.39. The van der Waals surface area contributed by atoms with E-state index in [1.54, 1.807) is 36.5 Å². The van der Waals surface area contributed by atoms with Gasteiger partial charge in [-0.15, -0.1) is 0 Å². The van der Waals surface area contributed by atoms with Crippen LogP contribution < -0.4 is 9.62 Å². The summed E-state index contributed by atoms with van der Waals surface area (Å²) in [6.45, 7) is 0. The summed E-state index contributed by atoms with van der Waals surface area (Å²) < 4.78 is 26.7. The van der Waals surface area contributed by atoms with Crippen LogP contribution >= 0.6 is 11.6 Å². The maximum absolute atomic E-state index is 12.8. The van der Waals surface area contributed by atoms with Gasteiger partial charge in [0.2, 0.25) is 0 Å². The van der Waals surface area contributed by atoms with Crippen LogP contribution in [-0.4, -0.2) is 26.4 Å². The quantitative estimate of drug-likeness (QED) is 0.705. The molecule has 1 aromatic heterocycles. The average Bonchev–Trinajstić information content (AvgIpc) is 2.68. The molecule has 0 radical (unpaired) electrons. The summed E-state index contributed by atoms with van der Waals surface area (Å²) in [5, 5.41) is 3.17. The van der Waals surface area contributed by atoms with Crippen LogP contribution in [0.15, 0.2) is 78.0 Å². The Morgan fingerprint density at radius 1 is 1.07 bits per heavy atom. The predicted molar refractivity (Wildman–Crippen MR) is 106 cm³/mol. The Balaban J connectivity index is 1.86. The summed E-state index contributed by atoms with van der Waals surface area (Å²) in [5.41, 5.74) is 1.24. The van der Waals surface area contributed by atoms with E-state index in [0.29, 0.717) is 22.0 Å². The van der Waals surface area contributed by atoms with Crippen molar-refractivity contribution in [1.29, 1.82) is 0 Å². The van der Waals surface area contributed by atoms with Gasteiger partial charge in [0.25, 0.3) is 15.9 Å². The number of hydrogen-bond acceptors (Lipinski definition) is 4. The van der Waals surface area contributed by atoms with Crippen LogP contribution in [0.5, 0.6) is 0 Å². The highest BCUT2D eigenvalue weighted by molar-refractivity contribution is 7.92. The molecule has 0 saturated heterocycles. The van der Waals surface area contributed by atoms with Gasteiger partial charge in [-0.3, -0.25) is 14.1 Å². The first-order valence-corrected chi connectivity index (χ1v) is 9.76. The SMILES string of the molecule is CN(c1cccc(C(=O)Nc2cccnc2)c1)S(=O)(=O)c1ccc(Cl)cc1. The molecule has 2 aromatic carbocycles. The van der Waals surface area contributed by atoms with Crippen molar-refractivity contribution in [2.75, 3.05) is 16.7 Å². The summed E-state index contributed by atoms with van der Waals surface area (Å²) >= 11 is 5.82. The zero-order valence-corrected chi connectivity index (χ0v) is 15.9. The van der Waals surface area contributed by atoms with Crippen molar-refractivity contribution >= 4 is 38.9 Å². The van der Waals surface area contributed by atoms with Crippen molar-refractivity contribution in [2.24, 2.45) is 0 Å². The number of benzene rings is 2. The number of halogens is 1. The number of carbonyl (C=O) groups excluding carboxylic acids is 1. The third-order valence-electron chi connectivity index (χ3n) is 3.86. The fraction of sp³-hybridized carbons (Fsp3) is 0.0526. The van der Waals surface area contributed by atoms with Crippen LogP contribution in [0.2, 0.25) is 5.02 Å². The Bertz CT molecular complexity index is 1060. The number of sulfonamides is 1. The Morgan fingerprint density at radius 3 is 2.48 bits per heavy atom. The highest BCUT2D eigenvalue weighted by Gasteiger charge is 2.22. The molecule has 27 heavy (non-hydrogen) atoms. The van der Waals surface area contributed by atoms with Crippen LogP contribution in [0.4, 0.5) is 11.4 Å². The van der Waals surface area contributed by atoms with E-state index in [1.807, 2.05) is 0 Å². The van der Waals surface area contributed by atoms with E-state index in [2.05, 4.69) is 10.3 Å². The summed E-state index contributed by atoms with van der Waals surface area (Å²) in [6, 6.07) is 15.7. The van der Waals surface area contributed by atoms with Crippen LogP contribution in [0.3, 0.4) is 0 Å². The number of rotatable bonds is 5. The molecule has 1 heterocycles. The lowest BCUT2D eigenvalue weighted by Crippen LogP contribution is -2.26. The van der Waals surface area contributed by atoms with Gasteiger partial charge >= 0.3 is 0 Å². The standard InChI is InChI=1S/C19H16ClN3O3S/c1-23(27(25,26)18-9-7-15(20)8-10-18)17-6-2-4-14(12-17)19(24)22-16-5-3-11-21-13-16/h2-13H,1H3,(H,22,24). The molecule has 0 saturated carbocycles. The molecule has 1 N–H and O–H groups in total. The van der Waals surface area contributed by atoms with Crippen LogP contribution in [0.1, 0.15) is 10.4 Å². The lowest BCUT2D eigenvalue weighted by molar-refractivity contribution is 0.102. The highest BCUT2D eigenvalue weighted by Crippen LogP contribution is 2.24. The number of nitrogens with one attached hydrogen (secondary N) is 1. The third-order valence-corrected chi connectivity index (χ3v) is 5.92. The van der Waals surface area contributed by atoms with Gasteiger partial charge in [0.15, 0.2) is 0 Å². The molecule has 0 aliphatic heterocycles. The normalized spacial score (nSPS) is 11.0. The Hall–Kier alpha value is -2.90. The number of amides is 1.